The summed E-state index contributed by atoms with van der Waals surface area (Å²) in [4.78, 5) is 42.1. The van der Waals surface area contributed by atoms with Crippen LogP contribution in [0, 0.1) is 0 Å². The second-order valence-electron chi connectivity index (χ2n) is 4.62. The molecule has 2 aromatic carbocycles. The summed E-state index contributed by atoms with van der Waals surface area (Å²) in [6.45, 7) is 0. The molecule has 0 saturated carbocycles. The molecule has 3 rings (SSSR count). The first-order valence-corrected chi connectivity index (χ1v) is 6.70. The smallest absolute Gasteiger partial charge is 0.353 e. The van der Waals surface area contributed by atoms with E-state index in [0.717, 1.165) is 0 Å². The summed E-state index contributed by atoms with van der Waals surface area (Å²) in [6.07, 6.45) is 0. The molecular weight excluding hydrogens is 298 g/mol. The van der Waals surface area contributed by atoms with Crippen molar-refractivity contribution in [3.05, 3.63) is 86.7 Å². The number of carbonyl (C=O) groups is 1. The Hall–Kier alpha value is -3.48. The Morgan fingerprint density at radius 3 is 2.17 bits per heavy atom. The summed E-state index contributed by atoms with van der Waals surface area (Å²) in [5.41, 5.74) is -0.437. The van der Waals surface area contributed by atoms with E-state index in [1.165, 1.54) is 0 Å². The summed E-state index contributed by atoms with van der Waals surface area (Å²) >= 11 is 0. The molecule has 0 saturated heterocycles. The van der Waals surface area contributed by atoms with Crippen molar-refractivity contribution in [2.75, 3.05) is 0 Å². The normalized spacial score (nSPS) is 10.3. The van der Waals surface area contributed by atoms with Crippen molar-refractivity contribution >= 4 is 5.78 Å². The number of aromatic amines is 2. The highest BCUT2D eigenvalue weighted by Gasteiger charge is 2.09. The van der Waals surface area contributed by atoms with Gasteiger partial charge in [0.1, 0.15) is 5.75 Å². The van der Waals surface area contributed by atoms with Gasteiger partial charge < -0.3 is 4.74 Å². The lowest BCUT2D eigenvalue weighted by Crippen LogP contribution is -2.24. The average Bonchev–Trinajstić information content (AvgIpc) is 2.55. The van der Waals surface area contributed by atoms with Crippen molar-refractivity contribution in [2.45, 2.75) is 0 Å². The van der Waals surface area contributed by atoms with Gasteiger partial charge in [0, 0.05) is 11.1 Å². The Morgan fingerprint density at radius 1 is 0.870 bits per heavy atom. The first-order chi connectivity index (χ1) is 11.1. The Kier molecular flexibility index (Phi) is 3.84. The number of hydrogen-bond acceptors (Lipinski definition) is 5. The highest BCUT2D eigenvalue weighted by atomic mass is 16.5. The summed E-state index contributed by atoms with van der Waals surface area (Å²) in [5.74, 6) is 0.225. The Balaban J connectivity index is 1.81. The van der Waals surface area contributed by atoms with Gasteiger partial charge in [-0.3, -0.25) is 14.8 Å². The predicted molar refractivity (Wildman–Crippen MR) is 81.9 cm³/mol. The van der Waals surface area contributed by atoms with E-state index in [9.17, 15) is 14.4 Å². The van der Waals surface area contributed by atoms with Crippen LogP contribution in [0.4, 0.5) is 0 Å². The molecule has 0 fully saturated rings. The number of H-pyrrole nitrogens is 2. The van der Waals surface area contributed by atoms with E-state index in [2.05, 4.69) is 9.97 Å². The van der Waals surface area contributed by atoms with Gasteiger partial charge in [-0.05, 0) is 24.3 Å². The van der Waals surface area contributed by atoms with Crippen LogP contribution in [0.3, 0.4) is 0 Å². The van der Waals surface area contributed by atoms with Crippen LogP contribution < -0.4 is 16.1 Å². The quantitative estimate of drug-likeness (QED) is 0.710. The van der Waals surface area contributed by atoms with Gasteiger partial charge in [-0.25, -0.2) is 9.59 Å². The summed E-state index contributed by atoms with van der Waals surface area (Å²) in [7, 11) is 0. The SMILES string of the molecule is O=C(c1ccccc1)c1ccc(Oc2nc(=O)[nH]c(=O)[nH]2)cc1. The van der Waals surface area contributed by atoms with Crippen molar-refractivity contribution in [1.82, 2.24) is 15.0 Å². The number of carbonyl (C=O) groups excluding carboxylic acids is 1. The molecule has 0 amide bonds. The van der Waals surface area contributed by atoms with Crippen LogP contribution in [0.25, 0.3) is 0 Å². The zero-order valence-corrected chi connectivity index (χ0v) is 11.8. The van der Waals surface area contributed by atoms with E-state index in [1.54, 1.807) is 48.5 Å². The van der Waals surface area contributed by atoms with E-state index in [-0.39, 0.29) is 11.8 Å². The number of ketones is 1. The molecule has 0 aliphatic rings. The summed E-state index contributed by atoms with van der Waals surface area (Å²) in [5, 5.41) is 0. The number of nitrogens with zero attached hydrogens (tertiary/aromatic N) is 1. The van der Waals surface area contributed by atoms with E-state index < -0.39 is 11.4 Å². The molecule has 23 heavy (non-hydrogen) atoms. The molecule has 0 spiro atoms. The van der Waals surface area contributed by atoms with Crippen molar-refractivity contribution in [3.63, 3.8) is 0 Å². The van der Waals surface area contributed by atoms with Crippen molar-refractivity contribution in [1.29, 1.82) is 0 Å². The zero-order chi connectivity index (χ0) is 16.2. The number of benzene rings is 2. The van der Waals surface area contributed by atoms with Gasteiger partial charge in [-0.15, -0.1) is 4.98 Å². The molecular formula is C16H11N3O4. The highest BCUT2D eigenvalue weighted by molar-refractivity contribution is 6.08. The third-order valence-corrected chi connectivity index (χ3v) is 3.01. The van der Waals surface area contributed by atoms with Gasteiger partial charge in [-0.2, -0.15) is 0 Å². The monoisotopic (exact) mass is 309 g/mol. The lowest BCUT2D eigenvalue weighted by atomic mass is 10.0. The maximum absolute atomic E-state index is 12.3. The minimum absolute atomic E-state index is 0.111. The van der Waals surface area contributed by atoms with Gasteiger partial charge in [0.05, 0.1) is 0 Å². The highest BCUT2D eigenvalue weighted by Crippen LogP contribution is 2.18. The second-order valence-corrected chi connectivity index (χ2v) is 4.62. The van der Waals surface area contributed by atoms with Crippen LogP contribution in [0.2, 0.25) is 0 Å². The molecule has 0 bridgehead atoms. The van der Waals surface area contributed by atoms with Gasteiger partial charge >= 0.3 is 17.4 Å². The first-order valence-electron chi connectivity index (χ1n) is 6.70. The Labute approximate surface area is 129 Å². The molecule has 7 heteroatoms. The Bertz CT molecular complexity index is 915. The third-order valence-electron chi connectivity index (χ3n) is 3.01. The van der Waals surface area contributed by atoms with Crippen LogP contribution >= 0.6 is 0 Å². The second kappa shape index (κ2) is 6.10. The number of nitrogens with one attached hydrogen (secondary N) is 2. The van der Waals surface area contributed by atoms with Gasteiger partial charge in [0.15, 0.2) is 5.78 Å². The van der Waals surface area contributed by atoms with Crippen LogP contribution in [0.5, 0.6) is 11.8 Å². The van der Waals surface area contributed by atoms with Crippen molar-refractivity contribution in [2.24, 2.45) is 0 Å². The number of ether oxygens (including phenoxy) is 1. The molecule has 0 radical (unpaired) electrons. The molecule has 0 unspecified atom stereocenters. The molecule has 1 heterocycles. The van der Waals surface area contributed by atoms with Crippen LogP contribution in [-0.4, -0.2) is 20.7 Å². The first kappa shape index (κ1) is 14.5. The van der Waals surface area contributed by atoms with Gasteiger partial charge in [0.25, 0.3) is 0 Å². The van der Waals surface area contributed by atoms with E-state index in [1.807, 2.05) is 11.1 Å². The van der Waals surface area contributed by atoms with E-state index in [4.69, 9.17) is 4.74 Å². The molecule has 2 N–H and O–H groups in total. The summed E-state index contributed by atoms with van der Waals surface area (Å²) in [6, 6.07) is 15.0. The topological polar surface area (TPSA) is 105 Å². The lowest BCUT2D eigenvalue weighted by Gasteiger charge is -2.05. The van der Waals surface area contributed by atoms with Crippen molar-refractivity contribution in [3.8, 4) is 11.8 Å². The fourth-order valence-corrected chi connectivity index (χ4v) is 1.96. The molecule has 0 atom stereocenters. The molecule has 0 aliphatic carbocycles. The molecule has 7 nitrogen and oxygen atoms in total. The van der Waals surface area contributed by atoms with Crippen LogP contribution in [0.1, 0.15) is 15.9 Å². The largest absolute Gasteiger partial charge is 0.425 e. The Morgan fingerprint density at radius 2 is 1.52 bits per heavy atom. The zero-order valence-electron chi connectivity index (χ0n) is 11.8. The minimum Gasteiger partial charge on any atom is -0.425 e. The maximum Gasteiger partial charge on any atom is 0.353 e. The van der Waals surface area contributed by atoms with Gasteiger partial charge in [0.2, 0.25) is 0 Å². The van der Waals surface area contributed by atoms with E-state index in [0.29, 0.717) is 16.9 Å². The summed E-state index contributed by atoms with van der Waals surface area (Å²) < 4.78 is 5.28. The number of aromatic nitrogens is 3. The fraction of sp³-hybridized carbons (Fsp3) is 0. The minimum atomic E-state index is -0.806. The van der Waals surface area contributed by atoms with Gasteiger partial charge in [-0.1, -0.05) is 30.3 Å². The average molecular weight is 309 g/mol. The number of hydrogen-bond donors (Lipinski definition) is 2. The fourth-order valence-electron chi connectivity index (χ4n) is 1.96. The molecule has 0 aliphatic heterocycles. The molecule has 3 aromatic rings. The third kappa shape index (κ3) is 3.41. The maximum atomic E-state index is 12.3. The molecule has 114 valence electrons. The van der Waals surface area contributed by atoms with Crippen LogP contribution in [0.15, 0.2) is 64.2 Å². The van der Waals surface area contributed by atoms with Crippen LogP contribution in [-0.2, 0) is 0 Å². The predicted octanol–water partition coefficient (Wildman–Crippen LogP) is 1.48. The van der Waals surface area contributed by atoms with E-state index >= 15 is 0 Å². The standard InChI is InChI=1S/C16H11N3O4/c20-13(10-4-2-1-3-5-10)11-6-8-12(9-7-11)23-16-18-14(21)17-15(22)19-16/h1-9H,(H2,17,18,19,21,22). The molecule has 1 aromatic heterocycles. The number of rotatable bonds is 4. The lowest BCUT2D eigenvalue weighted by molar-refractivity contribution is 0.103. The van der Waals surface area contributed by atoms with Crippen molar-refractivity contribution < 1.29 is 9.53 Å².